The number of nitrogens with zero attached hydrogens (tertiary/aromatic N) is 4. The number of aromatic nitrogens is 3. The fourth-order valence-electron chi connectivity index (χ4n) is 2.76. The van der Waals surface area contributed by atoms with Gasteiger partial charge >= 0.3 is 0 Å². The zero-order valence-electron chi connectivity index (χ0n) is 12.7. The van der Waals surface area contributed by atoms with Crippen LogP contribution in [0.5, 0.6) is 0 Å². The Hall–Kier alpha value is -2.44. The smallest absolute Gasteiger partial charge is 0.259 e. The first kappa shape index (κ1) is 14.5. The Morgan fingerprint density at radius 3 is 2.73 bits per heavy atom. The molecule has 1 fully saturated rings. The Balaban J connectivity index is 1.59. The molecular formula is C15H19N5O2. The molecule has 1 N–H and O–H groups in total. The summed E-state index contributed by atoms with van der Waals surface area (Å²) in [4.78, 5) is 14.4. The molecule has 7 nitrogen and oxygen atoms in total. The zero-order valence-corrected chi connectivity index (χ0v) is 12.7. The fourth-order valence-corrected chi connectivity index (χ4v) is 2.76. The molecule has 0 radical (unpaired) electrons. The summed E-state index contributed by atoms with van der Waals surface area (Å²) in [5.74, 6) is 1.37. The van der Waals surface area contributed by atoms with Crippen molar-refractivity contribution in [3.8, 4) is 0 Å². The van der Waals surface area contributed by atoms with E-state index in [1.807, 2.05) is 17.0 Å². The number of aryl methyl sites for hydroxylation is 2. The molecule has 2 aromatic heterocycles. The van der Waals surface area contributed by atoms with Crippen LogP contribution >= 0.6 is 0 Å². The Kier molecular flexibility index (Phi) is 4.04. The molecule has 3 rings (SSSR count). The molecule has 0 spiro atoms. The predicted molar refractivity (Wildman–Crippen MR) is 80.6 cm³/mol. The van der Waals surface area contributed by atoms with Gasteiger partial charge in [-0.3, -0.25) is 4.79 Å². The van der Waals surface area contributed by atoms with Crippen LogP contribution in [0.4, 0.5) is 5.82 Å². The van der Waals surface area contributed by atoms with E-state index in [0.29, 0.717) is 36.1 Å². The van der Waals surface area contributed by atoms with Crippen LogP contribution in [0.25, 0.3) is 0 Å². The van der Waals surface area contributed by atoms with E-state index in [-0.39, 0.29) is 5.91 Å². The first-order valence-corrected chi connectivity index (χ1v) is 7.41. The van der Waals surface area contributed by atoms with Crippen LogP contribution in [-0.2, 0) is 0 Å². The maximum absolute atomic E-state index is 12.6. The van der Waals surface area contributed by atoms with Gasteiger partial charge in [-0.15, -0.1) is 5.10 Å². The number of carbonyl (C=O) groups excluding carboxylic acids is 1. The van der Waals surface area contributed by atoms with Crippen molar-refractivity contribution in [1.29, 1.82) is 0 Å². The number of nitrogens with one attached hydrogen (secondary N) is 1. The number of hydrogen-bond acceptors (Lipinski definition) is 6. The third kappa shape index (κ3) is 2.93. The lowest BCUT2D eigenvalue weighted by molar-refractivity contribution is 0.0716. The van der Waals surface area contributed by atoms with E-state index < -0.39 is 0 Å². The van der Waals surface area contributed by atoms with Gasteiger partial charge in [-0.25, -0.2) is 0 Å². The molecule has 1 aliphatic rings. The third-order valence-electron chi connectivity index (χ3n) is 3.95. The van der Waals surface area contributed by atoms with Gasteiger partial charge in [0.2, 0.25) is 0 Å². The number of rotatable bonds is 3. The van der Waals surface area contributed by atoms with Gasteiger partial charge in [-0.05, 0) is 38.8 Å². The van der Waals surface area contributed by atoms with Crippen molar-refractivity contribution < 1.29 is 9.32 Å². The summed E-state index contributed by atoms with van der Waals surface area (Å²) >= 11 is 0. The van der Waals surface area contributed by atoms with Gasteiger partial charge in [0, 0.05) is 25.3 Å². The second-order valence-electron chi connectivity index (χ2n) is 5.52. The van der Waals surface area contributed by atoms with Crippen LogP contribution in [0.15, 0.2) is 22.9 Å². The number of amides is 1. The monoisotopic (exact) mass is 301 g/mol. The maximum Gasteiger partial charge on any atom is 0.259 e. The van der Waals surface area contributed by atoms with Gasteiger partial charge in [-0.1, -0.05) is 5.16 Å². The van der Waals surface area contributed by atoms with Gasteiger partial charge in [-0.2, -0.15) is 5.10 Å². The molecule has 3 heterocycles. The van der Waals surface area contributed by atoms with E-state index in [2.05, 4.69) is 20.7 Å². The highest BCUT2D eigenvalue weighted by atomic mass is 16.5. The van der Waals surface area contributed by atoms with Gasteiger partial charge in [0.05, 0.1) is 5.69 Å². The number of anilines is 1. The van der Waals surface area contributed by atoms with Crippen LogP contribution in [0, 0.1) is 13.8 Å². The lowest BCUT2D eigenvalue weighted by Gasteiger charge is -2.32. The van der Waals surface area contributed by atoms with E-state index in [4.69, 9.17) is 4.52 Å². The second kappa shape index (κ2) is 6.13. The quantitative estimate of drug-likeness (QED) is 0.930. The van der Waals surface area contributed by atoms with Gasteiger partial charge in [0.1, 0.15) is 17.1 Å². The van der Waals surface area contributed by atoms with Crippen molar-refractivity contribution in [2.45, 2.75) is 32.7 Å². The van der Waals surface area contributed by atoms with Crippen LogP contribution < -0.4 is 5.32 Å². The van der Waals surface area contributed by atoms with Crippen molar-refractivity contribution in [3.05, 3.63) is 35.3 Å². The Labute approximate surface area is 128 Å². The molecule has 1 aliphatic heterocycles. The van der Waals surface area contributed by atoms with Crippen LogP contribution in [0.3, 0.4) is 0 Å². The first-order chi connectivity index (χ1) is 10.6. The highest BCUT2D eigenvalue weighted by Crippen LogP contribution is 2.20. The summed E-state index contributed by atoms with van der Waals surface area (Å²) < 4.78 is 5.08. The molecular weight excluding hydrogens is 282 g/mol. The molecule has 22 heavy (non-hydrogen) atoms. The SMILES string of the molecule is Cc1noc(C)c1C(=O)N1CCC(Nc2cccnn2)CC1. The number of piperidine rings is 1. The summed E-state index contributed by atoms with van der Waals surface area (Å²) in [5.41, 5.74) is 1.25. The number of likely N-dealkylation sites (tertiary alicyclic amines) is 1. The van der Waals surface area contributed by atoms with E-state index >= 15 is 0 Å². The maximum atomic E-state index is 12.6. The van der Waals surface area contributed by atoms with E-state index in [9.17, 15) is 4.79 Å². The average Bonchev–Trinajstić information content (AvgIpc) is 2.87. The Morgan fingerprint density at radius 2 is 2.14 bits per heavy atom. The molecule has 116 valence electrons. The molecule has 0 bridgehead atoms. The minimum Gasteiger partial charge on any atom is -0.366 e. The molecule has 7 heteroatoms. The van der Waals surface area contributed by atoms with Crippen molar-refractivity contribution in [2.24, 2.45) is 0 Å². The molecule has 2 aromatic rings. The number of hydrogen-bond donors (Lipinski definition) is 1. The summed E-state index contributed by atoms with van der Waals surface area (Å²) in [5, 5.41) is 15.1. The van der Waals surface area contributed by atoms with Gasteiger partial charge < -0.3 is 14.7 Å². The number of carbonyl (C=O) groups is 1. The molecule has 0 atom stereocenters. The normalized spacial score (nSPS) is 15.8. The fraction of sp³-hybridized carbons (Fsp3) is 0.467. The molecule has 1 amide bonds. The summed E-state index contributed by atoms with van der Waals surface area (Å²) in [6, 6.07) is 4.06. The molecule has 0 unspecified atom stereocenters. The lowest BCUT2D eigenvalue weighted by atomic mass is 10.0. The van der Waals surface area contributed by atoms with Crippen LogP contribution in [-0.4, -0.2) is 45.3 Å². The minimum absolute atomic E-state index is 0.00852. The largest absolute Gasteiger partial charge is 0.366 e. The zero-order chi connectivity index (χ0) is 15.5. The van der Waals surface area contributed by atoms with Crippen molar-refractivity contribution in [3.63, 3.8) is 0 Å². The summed E-state index contributed by atoms with van der Waals surface area (Å²) in [6.07, 6.45) is 3.41. The third-order valence-corrected chi connectivity index (χ3v) is 3.95. The minimum atomic E-state index is 0.00852. The van der Waals surface area contributed by atoms with E-state index in [1.54, 1.807) is 20.0 Å². The molecule has 1 saturated heterocycles. The second-order valence-corrected chi connectivity index (χ2v) is 5.52. The lowest BCUT2D eigenvalue weighted by Crippen LogP contribution is -2.42. The van der Waals surface area contributed by atoms with E-state index in [1.165, 1.54) is 0 Å². The summed E-state index contributed by atoms with van der Waals surface area (Å²) in [6.45, 7) is 4.99. The average molecular weight is 301 g/mol. The van der Waals surface area contributed by atoms with Crippen LogP contribution in [0.1, 0.15) is 34.7 Å². The van der Waals surface area contributed by atoms with Crippen molar-refractivity contribution in [2.75, 3.05) is 18.4 Å². The predicted octanol–water partition coefficient (Wildman–Crippen LogP) is 1.80. The molecule has 0 saturated carbocycles. The van der Waals surface area contributed by atoms with Crippen LogP contribution in [0.2, 0.25) is 0 Å². The topological polar surface area (TPSA) is 84.2 Å². The van der Waals surface area contributed by atoms with Crippen molar-refractivity contribution in [1.82, 2.24) is 20.3 Å². The van der Waals surface area contributed by atoms with Gasteiger partial charge in [0.25, 0.3) is 5.91 Å². The first-order valence-electron chi connectivity index (χ1n) is 7.41. The highest BCUT2D eigenvalue weighted by Gasteiger charge is 2.27. The highest BCUT2D eigenvalue weighted by molar-refractivity contribution is 5.96. The summed E-state index contributed by atoms with van der Waals surface area (Å²) in [7, 11) is 0. The van der Waals surface area contributed by atoms with Gasteiger partial charge in [0.15, 0.2) is 0 Å². The molecule has 0 aliphatic carbocycles. The Morgan fingerprint density at radius 1 is 1.36 bits per heavy atom. The standard InChI is InChI=1S/C15H19N5O2/c1-10-14(11(2)22-19-10)15(21)20-8-5-12(6-9-20)17-13-4-3-7-16-18-13/h3-4,7,12H,5-6,8-9H2,1-2H3,(H,17,18). The van der Waals surface area contributed by atoms with Crippen molar-refractivity contribution >= 4 is 11.7 Å². The Bertz CT molecular complexity index is 628. The molecule has 0 aromatic carbocycles. The van der Waals surface area contributed by atoms with E-state index in [0.717, 1.165) is 18.7 Å².